The summed E-state index contributed by atoms with van der Waals surface area (Å²) < 4.78 is 1.75. The van der Waals surface area contributed by atoms with E-state index < -0.39 is 0 Å². The van der Waals surface area contributed by atoms with Crippen LogP contribution in [0.1, 0.15) is 28.9 Å². The van der Waals surface area contributed by atoms with Crippen molar-refractivity contribution in [1.29, 1.82) is 0 Å². The fourth-order valence-corrected chi connectivity index (χ4v) is 2.80. The van der Waals surface area contributed by atoms with Crippen LogP contribution in [0.5, 0.6) is 0 Å². The van der Waals surface area contributed by atoms with Crippen molar-refractivity contribution in [1.82, 2.24) is 9.78 Å². The predicted octanol–water partition coefficient (Wildman–Crippen LogP) is 3.70. The molecule has 0 aliphatic heterocycles. The van der Waals surface area contributed by atoms with E-state index in [0.29, 0.717) is 16.5 Å². The molecule has 0 bridgehead atoms. The minimum absolute atomic E-state index is 0.163. The van der Waals surface area contributed by atoms with Crippen LogP contribution in [-0.4, -0.2) is 15.6 Å². The molecule has 18 heavy (non-hydrogen) atoms. The van der Waals surface area contributed by atoms with Crippen molar-refractivity contribution >= 4 is 29.0 Å². The van der Waals surface area contributed by atoms with Gasteiger partial charge in [0.2, 0.25) is 0 Å². The minimum atomic E-state index is 0.163. The molecule has 0 spiro atoms. The molecule has 1 aliphatic rings. The van der Waals surface area contributed by atoms with E-state index in [9.17, 15) is 4.79 Å². The Labute approximate surface area is 114 Å². The van der Waals surface area contributed by atoms with Gasteiger partial charge >= 0.3 is 0 Å². The molecule has 0 saturated carbocycles. The first-order valence-electron chi connectivity index (χ1n) is 5.72. The van der Waals surface area contributed by atoms with Gasteiger partial charge in [0, 0.05) is 16.5 Å². The maximum atomic E-state index is 11.8. The maximum Gasteiger partial charge on any atom is 0.166 e. The first kappa shape index (κ1) is 11.8. The Kier molecular flexibility index (Phi) is 2.88. The van der Waals surface area contributed by atoms with Crippen molar-refractivity contribution in [3.05, 3.63) is 45.7 Å². The van der Waals surface area contributed by atoms with Gasteiger partial charge in [-0.2, -0.15) is 5.10 Å². The van der Waals surface area contributed by atoms with Gasteiger partial charge in [-0.3, -0.25) is 4.79 Å². The summed E-state index contributed by atoms with van der Waals surface area (Å²) in [5.41, 5.74) is 2.46. The SMILES string of the molecule is O=C1CCCc2c1cnn2-c1cc(Cl)cc(Cl)c1. The molecule has 0 N–H and O–H groups in total. The Bertz CT molecular complexity index is 614. The van der Waals surface area contributed by atoms with Gasteiger partial charge in [0.15, 0.2) is 5.78 Å². The Balaban J connectivity index is 2.15. The summed E-state index contributed by atoms with van der Waals surface area (Å²) in [6.45, 7) is 0. The normalized spacial score (nSPS) is 14.7. The van der Waals surface area contributed by atoms with Crippen LogP contribution in [0.2, 0.25) is 10.0 Å². The first-order valence-corrected chi connectivity index (χ1v) is 6.47. The monoisotopic (exact) mass is 280 g/mol. The molecule has 0 radical (unpaired) electrons. The van der Waals surface area contributed by atoms with Crippen LogP contribution >= 0.6 is 23.2 Å². The number of aromatic nitrogens is 2. The number of carbonyl (C=O) groups excluding carboxylic acids is 1. The Morgan fingerprint density at radius 1 is 1.11 bits per heavy atom. The van der Waals surface area contributed by atoms with Gasteiger partial charge in [-0.1, -0.05) is 23.2 Å². The number of ketones is 1. The topological polar surface area (TPSA) is 34.9 Å². The van der Waals surface area contributed by atoms with Crippen LogP contribution in [0.3, 0.4) is 0 Å². The van der Waals surface area contributed by atoms with Crippen LogP contribution < -0.4 is 0 Å². The number of fused-ring (bicyclic) bond motifs is 1. The molecule has 1 heterocycles. The van der Waals surface area contributed by atoms with Crippen molar-refractivity contribution in [3.8, 4) is 5.69 Å². The fourth-order valence-electron chi connectivity index (χ4n) is 2.28. The van der Waals surface area contributed by atoms with Crippen LogP contribution in [0, 0.1) is 0 Å². The molecule has 0 atom stereocenters. The number of Topliss-reactive ketones (excluding diaryl/α,β-unsaturated/α-hetero) is 1. The number of benzene rings is 1. The molecular formula is C13H10Cl2N2O. The molecule has 0 amide bonds. The summed E-state index contributed by atoms with van der Waals surface area (Å²) in [5.74, 6) is 0.163. The van der Waals surface area contributed by atoms with Crippen LogP contribution in [0.15, 0.2) is 24.4 Å². The number of hydrogen-bond acceptors (Lipinski definition) is 2. The summed E-state index contributed by atoms with van der Waals surface area (Å²) in [5, 5.41) is 5.40. The highest BCUT2D eigenvalue weighted by Gasteiger charge is 2.22. The second-order valence-electron chi connectivity index (χ2n) is 4.32. The van der Waals surface area contributed by atoms with Crippen LogP contribution in [0.4, 0.5) is 0 Å². The summed E-state index contributed by atoms with van der Waals surface area (Å²) in [6, 6.07) is 5.26. The molecule has 1 aromatic carbocycles. The van der Waals surface area contributed by atoms with E-state index >= 15 is 0 Å². The van der Waals surface area contributed by atoms with Crippen molar-refractivity contribution in [3.63, 3.8) is 0 Å². The Morgan fingerprint density at radius 2 is 1.83 bits per heavy atom. The van der Waals surface area contributed by atoms with Gasteiger partial charge in [-0.25, -0.2) is 4.68 Å². The lowest BCUT2D eigenvalue weighted by atomic mass is 9.97. The zero-order chi connectivity index (χ0) is 12.7. The summed E-state index contributed by atoms with van der Waals surface area (Å²) >= 11 is 12.0. The van der Waals surface area contributed by atoms with Gasteiger partial charge in [0.25, 0.3) is 0 Å². The lowest BCUT2D eigenvalue weighted by Gasteiger charge is -2.13. The molecule has 3 rings (SSSR count). The third kappa shape index (κ3) is 1.93. The molecule has 0 fully saturated rings. The Morgan fingerprint density at radius 3 is 2.56 bits per heavy atom. The quantitative estimate of drug-likeness (QED) is 0.798. The predicted molar refractivity (Wildman–Crippen MR) is 70.9 cm³/mol. The molecule has 0 saturated heterocycles. The highest BCUT2D eigenvalue weighted by molar-refractivity contribution is 6.34. The molecule has 0 unspecified atom stereocenters. The molecule has 1 aromatic heterocycles. The second-order valence-corrected chi connectivity index (χ2v) is 5.19. The summed E-state index contributed by atoms with van der Waals surface area (Å²) in [6.07, 6.45) is 3.96. The molecular weight excluding hydrogens is 271 g/mol. The zero-order valence-electron chi connectivity index (χ0n) is 9.49. The molecule has 3 nitrogen and oxygen atoms in total. The maximum absolute atomic E-state index is 11.8. The fraction of sp³-hybridized carbons (Fsp3) is 0.231. The largest absolute Gasteiger partial charge is 0.294 e. The van der Waals surface area contributed by atoms with E-state index in [1.54, 1.807) is 29.1 Å². The van der Waals surface area contributed by atoms with E-state index in [1.165, 1.54) is 0 Å². The summed E-state index contributed by atoms with van der Waals surface area (Å²) in [7, 11) is 0. The standard InChI is InChI=1S/C13H10Cl2N2O/c14-8-4-9(15)6-10(5-8)17-12-2-1-3-13(18)11(12)7-16-17/h4-7H,1-3H2. The van der Waals surface area contributed by atoms with Crippen molar-refractivity contribution < 1.29 is 4.79 Å². The van der Waals surface area contributed by atoms with E-state index in [1.807, 2.05) is 0 Å². The smallest absolute Gasteiger partial charge is 0.166 e. The average molecular weight is 281 g/mol. The number of rotatable bonds is 1. The lowest BCUT2D eigenvalue weighted by Crippen LogP contribution is -2.12. The van der Waals surface area contributed by atoms with Gasteiger partial charge in [0.1, 0.15) is 0 Å². The number of carbonyl (C=O) groups is 1. The van der Waals surface area contributed by atoms with E-state index in [0.717, 1.165) is 29.8 Å². The van der Waals surface area contributed by atoms with Crippen LogP contribution in [-0.2, 0) is 6.42 Å². The van der Waals surface area contributed by atoms with Gasteiger partial charge in [-0.15, -0.1) is 0 Å². The molecule has 92 valence electrons. The number of nitrogens with zero attached hydrogens (tertiary/aromatic N) is 2. The van der Waals surface area contributed by atoms with Gasteiger partial charge in [-0.05, 0) is 31.0 Å². The van der Waals surface area contributed by atoms with Gasteiger partial charge < -0.3 is 0 Å². The number of halogens is 2. The van der Waals surface area contributed by atoms with E-state index in [-0.39, 0.29) is 5.78 Å². The average Bonchev–Trinajstić information content (AvgIpc) is 2.73. The first-order chi connectivity index (χ1) is 8.65. The molecule has 2 aromatic rings. The van der Waals surface area contributed by atoms with Crippen LogP contribution in [0.25, 0.3) is 5.69 Å². The lowest BCUT2D eigenvalue weighted by molar-refractivity contribution is 0.0972. The van der Waals surface area contributed by atoms with Crippen molar-refractivity contribution in [2.45, 2.75) is 19.3 Å². The number of hydrogen-bond donors (Lipinski definition) is 0. The molecule has 5 heteroatoms. The third-order valence-corrected chi connectivity index (χ3v) is 3.52. The second kappa shape index (κ2) is 4.41. The minimum Gasteiger partial charge on any atom is -0.294 e. The Hall–Kier alpha value is -1.32. The van der Waals surface area contributed by atoms with E-state index in [4.69, 9.17) is 23.2 Å². The van der Waals surface area contributed by atoms with Crippen molar-refractivity contribution in [2.75, 3.05) is 0 Å². The van der Waals surface area contributed by atoms with Crippen molar-refractivity contribution in [2.24, 2.45) is 0 Å². The third-order valence-electron chi connectivity index (χ3n) is 3.08. The molecule has 1 aliphatic carbocycles. The van der Waals surface area contributed by atoms with Gasteiger partial charge in [0.05, 0.1) is 23.1 Å². The summed E-state index contributed by atoms with van der Waals surface area (Å²) in [4.78, 5) is 11.8. The highest BCUT2D eigenvalue weighted by Crippen LogP contribution is 2.26. The highest BCUT2D eigenvalue weighted by atomic mass is 35.5. The van der Waals surface area contributed by atoms with E-state index in [2.05, 4.69) is 5.10 Å². The zero-order valence-corrected chi connectivity index (χ0v) is 11.0.